The van der Waals surface area contributed by atoms with E-state index in [0.29, 0.717) is 24.7 Å². The second-order valence-electron chi connectivity index (χ2n) is 6.76. The van der Waals surface area contributed by atoms with Crippen LogP contribution in [0.15, 0.2) is 0 Å². The van der Waals surface area contributed by atoms with Gasteiger partial charge in [-0.05, 0) is 44.4 Å². The van der Waals surface area contributed by atoms with Gasteiger partial charge in [0.15, 0.2) is 0 Å². The second kappa shape index (κ2) is 7.07. The first-order valence-corrected chi connectivity index (χ1v) is 8.41. The molecular formula is C16H28N2O3. The molecule has 3 aliphatic rings. The van der Waals surface area contributed by atoms with Crippen molar-refractivity contribution in [2.75, 3.05) is 33.4 Å². The Morgan fingerprint density at radius 2 is 1.95 bits per heavy atom. The summed E-state index contributed by atoms with van der Waals surface area (Å²) < 4.78 is 10.6. The number of carbonyl (C=O) groups excluding carboxylic acids is 1. The van der Waals surface area contributed by atoms with Gasteiger partial charge in [-0.2, -0.15) is 0 Å². The quantitative estimate of drug-likeness (QED) is 0.772. The third-order valence-corrected chi connectivity index (χ3v) is 5.10. The summed E-state index contributed by atoms with van der Waals surface area (Å²) in [6, 6.07) is 1.23. The minimum absolute atomic E-state index is 0.127. The van der Waals surface area contributed by atoms with Crippen molar-refractivity contribution < 1.29 is 14.3 Å². The van der Waals surface area contributed by atoms with E-state index in [1.807, 2.05) is 0 Å². The van der Waals surface area contributed by atoms with Crippen LogP contribution in [-0.2, 0) is 14.3 Å². The molecule has 5 heteroatoms. The van der Waals surface area contributed by atoms with Gasteiger partial charge >= 0.3 is 5.97 Å². The zero-order valence-corrected chi connectivity index (χ0v) is 13.1. The summed E-state index contributed by atoms with van der Waals surface area (Å²) in [5.41, 5.74) is 0. The fourth-order valence-corrected chi connectivity index (χ4v) is 3.61. The highest BCUT2D eigenvalue weighted by molar-refractivity contribution is 5.71. The summed E-state index contributed by atoms with van der Waals surface area (Å²) in [7, 11) is 1.46. The lowest BCUT2D eigenvalue weighted by atomic mass is 9.97. The molecular weight excluding hydrogens is 268 g/mol. The minimum Gasteiger partial charge on any atom is -0.468 e. The lowest BCUT2D eigenvalue weighted by molar-refractivity contribution is -0.142. The largest absolute Gasteiger partial charge is 0.468 e. The summed E-state index contributed by atoms with van der Waals surface area (Å²) in [6.45, 7) is 3.33. The van der Waals surface area contributed by atoms with E-state index in [4.69, 9.17) is 9.47 Å². The van der Waals surface area contributed by atoms with Crippen LogP contribution < -0.4 is 5.32 Å². The zero-order chi connectivity index (χ0) is 14.7. The van der Waals surface area contributed by atoms with Gasteiger partial charge < -0.3 is 14.8 Å². The van der Waals surface area contributed by atoms with E-state index in [1.165, 1.54) is 26.4 Å². The monoisotopic (exact) mass is 296 g/mol. The predicted molar refractivity (Wildman–Crippen MR) is 80.1 cm³/mol. The lowest BCUT2D eigenvalue weighted by Crippen LogP contribution is -2.49. The van der Waals surface area contributed by atoms with Gasteiger partial charge in [-0.25, -0.2) is 0 Å². The Labute approximate surface area is 127 Å². The summed E-state index contributed by atoms with van der Waals surface area (Å²) in [5, 5.41) is 3.84. The molecule has 0 unspecified atom stereocenters. The maximum atomic E-state index is 11.3. The molecule has 5 nitrogen and oxygen atoms in total. The average Bonchev–Trinajstić information content (AvgIpc) is 3.34. The Balaban J connectivity index is 1.37. The van der Waals surface area contributed by atoms with E-state index in [0.717, 1.165) is 44.9 Å². The second-order valence-corrected chi connectivity index (χ2v) is 6.76. The van der Waals surface area contributed by atoms with Crippen molar-refractivity contribution in [2.45, 2.75) is 56.7 Å². The molecule has 0 radical (unpaired) electrons. The molecule has 21 heavy (non-hydrogen) atoms. The maximum absolute atomic E-state index is 11.3. The van der Waals surface area contributed by atoms with Crippen LogP contribution in [-0.4, -0.2) is 62.4 Å². The van der Waals surface area contributed by atoms with Gasteiger partial charge in [0.05, 0.1) is 19.8 Å². The third-order valence-electron chi connectivity index (χ3n) is 5.10. The number of hydrogen-bond acceptors (Lipinski definition) is 5. The number of carbonyl (C=O) groups is 1. The van der Waals surface area contributed by atoms with Crippen LogP contribution in [0.1, 0.15) is 38.5 Å². The Kier molecular flexibility index (Phi) is 5.14. The van der Waals surface area contributed by atoms with Gasteiger partial charge in [-0.1, -0.05) is 0 Å². The number of rotatable bonds is 5. The fraction of sp³-hybridized carbons (Fsp3) is 0.938. The van der Waals surface area contributed by atoms with Gasteiger partial charge in [0.2, 0.25) is 0 Å². The number of piperidine rings is 1. The van der Waals surface area contributed by atoms with E-state index in [-0.39, 0.29) is 5.97 Å². The van der Waals surface area contributed by atoms with Crippen molar-refractivity contribution in [3.8, 4) is 0 Å². The van der Waals surface area contributed by atoms with Gasteiger partial charge in [0, 0.05) is 31.8 Å². The van der Waals surface area contributed by atoms with Crippen LogP contribution in [0.2, 0.25) is 0 Å². The molecule has 2 heterocycles. The van der Waals surface area contributed by atoms with E-state index in [9.17, 15) is 4.79 Å². The number of nitrogens with one attached hydrogen (secondary N) is 1. The molecule has 0 bridgehead atoms. The zero-order valence-electron chi connectivity index (χ0n) is 13.1. The van der Waals surface area contributed by atoms with Crippen LogP contribution in [0.25, 0.3) is 0 Å². The molecule has 1 saturated carbocycles. The summed E-state index contributed by atoms with van der Waals surface area (Å²) >= 11 is 0. The molecule has 120 valence electrons. The topological polar surface area (TPSA) is 50.8 Å². The van der Waals surface area contributed by atoms with Crippen LogP contribution in [0, 0.1) is 5.92 Å². The number of likely N-dealkylation sites (tertiary alicyclic amines) is 1. The number of esters is 1. The molecule has 0 aromatic rings. The van der Waals surface area contributed by atoms with Crippen LogP contribution in [0.5, 0.6) is 0 Å². The third kappa shape index (κ3) is 4.41. The molecule has 3 fully saturated rings. The van der Waals surface area contributed by atoms with Crippen molar-refractivity contribution in [2.24, 2.45) is 5.92 Å². The number of methoxy groups -OCH3 is 1. The maximum Gasteiger partial charge on any atom is 0.319 e. The Morgan fingerprint density at radius 3 is 2.62 bits per heavy atom. The molecule has 1 N–H and O–H groups in total. The fourth-order valence-electron chi connectivity index (χ4n) is 3.61. The smallest absolute Gasteiger partial charge is 0.319 e. The van der Waals surface area contributed by atoms with Gasteiger partial charge in [-0.15, -0.1) is 0 Å². The summed E-state index contributed by atoms with van der Waals surface area (Å²) in [5.74, 6) is 0.717. The molecule has 2 aliphatic heterocycles. The lowest BCUT2D eigenvalue weighted by Gasteiger charge is -2.37. The normalized spacial score (nSPS) is 32.0. The molecule has 2 saturated heterocycles. The SMILES string of the molecule is COC(=O)CN1CCC(N[C@H]2CCO[C@@H](C3CC3)C2)CC1. The number of nitrogens with zero attached hydrogens (tertiary/aromatic N) is 1. The molecule has 1 aliphatic carbocycles. The molecule has 0 spiro atoms. The first-order chi connectivity index (χ1) is 10.2. The molecule has 0 amide bonds. The van der Waals surface area contributed by atoms with Gasteiger partial charge in [0.1, 0.15) is 0 Å². The first-order valence-electron chi connectivity index (χ1n) is 8.41. The molecule has 3 rings (SSSR count). The Bertz CT molecular complexity index is 351. The summed E-state index contributed by atoms with van der Waals surface area (Å²) in [4.78, 5) is 13.5. The van der Waals surface area contributed by atoms with E-state index >= 15 is 0 Å². The van der Waals surface area contributed by atoms with E-state index in [1.54, 1.807) is 0 Å². The van der Waals surface area contributed by atoms with Crippen molar-refractivity contribution in [1.82, 2.24) is 10.2 Å². The van der Waals surface area contributed by atoms with Crippen LogP contribution in [0.4, 0.5) is 0 Å². The number of ether oxygens (including phenoxy) is 2. The average molecular weight is 296 g/mol. The molecule has 0 aromatic carbocycles. The van der Waals surface area contributed by atoms with Crippen molar-refractivity contribution in [3.05, 3.63) is 0 Å². The van der Waals surface area contributed by atoms with Crippen molar-refractivity contribution in [3.63, 3.8) is 0 Å². The van der Waals surface area contributed by atoms with Crippen LogP contribution in [0.3, 0.4) is 0 Å². The molecule has 2 atom stereocenters. The molecule has 0 aromatic heterocycles. The van der Waals surface area contributed by atoms with Crippen molar-refractivity contribution >= 4 is 5.97 Å². The highest BCUT2D eigenvalue weighted by Crippen LogP contribution is 2.38. The van der Waals surface area contributed by atoms with Gasteiger partial charge in [-0.3, -0.25) is 9.69 Å². The highest BCUT2D eigenvalue weighted by atomic mass is 16.5. The predicted octanol–water partition coefficient (Wildman–Crippen LogP) is 1.17. The minimum atomic E-state index is -0.127. The Hall–Kier alpha value is -0.650. The van der Waals surface area contributed by atoms with E-state index in [2.05, 4.69) is 10.2 Å². The van der Waals surface area contributed by atoms with Gasteiger partial charge in [0.25, 0.3) is 0 Å². The van der Waals surface area contributed by atoms with Crippen LogP contribution >= 0.6 is 0 Å². The standard InChI is InChI=1S/C16H28N2O3/c1-20-16(19)11-18-7-4-13(5-8-18)17-14-6-9-21-15(10-14)12-2-3-12/h12-15,17H,2-11H2,1H3/t14-,15+/m0/s1. The van der Waals surface area contributed by atoms with Crippen molar-refractivity contribution in [1.29, 1.82) is 0 Å². The Morgan fingerprint density at radius 1 is 1.19 bits per heavy atom. The first kappa shape index (κ1) is 15.3. The summed E-state index contributed by atoms with van der Waals surface area (Å²) in [6.07, 6.45) is 7.83. The highest BCUT2D eigenvalue weighted by Gasteiger charge is 2.36. The number of hydrogen-bond donors (Lipinski definition) is 1. The van der Waals surface area contributed by atoms with E-state index < -0.39 is 0 Å².